The van der Waals surface area contributed by atoms with Crippen LogP contribution >= 0.6 is 0 Å². The first-order valence-corrected chi connectivity index (χ1v) is 6.74. The molecule has 0 heterocycles. The van der Waals surface area contributed by atoms with E-state index in [9.17, 15) is 4.79 Å². The minimum absolute atomic E-state index is 0.220. The molecule has 0 aliphatic carbocycles. The van der Waals surface area contributed by atoms with Crippen LogP contribution in [0.2, 0.25) is 0 Å². The lowest BCUT2D eigenvalue weighted by Gasteiger charge is -2.12. The molecule has 0 spiro atoms. The molecule has 0 aliphatic heterocycles. The Labute approximate surface area is 125 Å². The van der Waals surface area contributed by atoms with Crippen molar-refractivity contribution >= 4 is 17.8 Å². The molecule has 1 N–H and O–H groups in total. The number of hydrogen-bond acceptors (Lipinski definition) is 3. The molecule has 0 saturated carbocycles. The quantitative estimate of drug-likeness (QED) is 0.692. The van der Waals surface area contributed by atoms with Gasteiger partial charge in [-0.1, -0.05) is 35.9 Å². The van der Waals surface area contributed by atoms with Crippen LogP contribution in [0.1, 0.15) is 21.5 Å². The van der Waals surface area contributed by atoms with Crippen LogP contribution in [0.5, 0.6) is 0 Å². The second kappa shape index (κ2) is 6.70. The smallest absolute Gasteiger partial charge is 0.271 e. The van der Waals surface area contributed by atoms with Gasteiger partial charge in [0.2, 0.25) is 0 Å². The molecule has 4 nitrogen and oxygen atoms in total. The first-order chi connectivity index (χ1) is 10.1. The number of nitrogens with one attached hydrogen (secondary N) is 1. The van der Waals surface area contributed by atoms with Gasteiger partial charge in [-0.2, -0.15) is 5.10 Å². The number of carbonyl (C=O) groups is 1. The highest BCUT2D eigenvalue weighted by atomic mass is 16.2. The van der Waals surface area contributed by atoms with Crippen LogP contribution in [0.4, 0.5) is 5.69 Å². The van der Waals surface area contributed by atoms with Gasteiger partial charge in [-0.25, -0.2) is 5.43 Å². The summed E-state index contributed by atoms with van der Waals surface area (Å²) < 4.78 is 0. The van der Waals surface area contributed by atoms with Crippen molar-refractivity contribution in [3.8, 4) is 0 Å². The lowest BCUT2D eigenvalue weighted by Crippen LogP contribution is -2.18. The number of carbonyl (C=O) groups excluding carboxylic acids is 1. The number of nitrogens with zero attached hydrogens (tertiary/aromatic N) is 2. The maximum atomic E-state index is 12.0. The van der Waals surface area contributed by atoms with E-state index in [-0.39, 0.29) is 5.91 Å². The molecular weight excluding hydrogens is 262 g/mol. The van der Waals surface area contributed by atoms with E-state index < -0.39 is 0 Å². The average Bonchev–Trinajstić information content (AvgIpc) is 2.49. The van der Waals surface area contributed by atoms with Crippen LogP contribution < -0.4 is 10.3 Å². The summed E-state index contributed by atoms with van der Waals surface area (Å²) >= 11 is 0. The molecule has 0 aromatic heterocycles. The van der Waals surface area contributed by atoms with Crippen LogP contribution in [-0.2, 0) is 0 Å². The Bertz CT molecular complexity index is 645. The van der Waals surface area contributed by atoms with Crippen LogP contribution in [0.15, 0.2) is 53.6 Å². The van der Waals surface area contributed by atoms with E-state index in [0.717, 1.165) is 11.3 Å². The number of benzene rings is 2. The van der Waals surface area contributed by atoms with Gasteiger partial charge >= 0.3 is 0 Å². The van der Waals surface area contributed by atoms with E-state index in [1.165, 1.54) is 5.56 Å². The van der Waals surface area contributed by atoms with Crippen LogP contribution in [0, 0.1) is 6.92 Å². The zero-order chi connectivity index (χ0) is 15.2. The van der Waals surface area contributed by atoms with Crippen molar-refractivity contribution in [2.45, 2.75) is 6.92 Å². The summed E-state index contributed by atoms with van der Waals surface area (Å²) in [4.78, 5) is 14.0. The fourth-order valence-electron chi connectivity index (χ4n) is 1.81. The lowest BCUT2D eigenvalue weighted by molar-refractivity contribution is 0.0955. The number of hydrazone groups is 1. The summed E-state index contributed by atoms with van der Waals surface area (Å²) in [5.41, 5.74) is 6.24. The van der Waals surface area contributed by atoms with Gasteiger partial charge in [0.15, 0.2) is 0 Å². The van der Waals surface area contributed by atoms with Gasteiger partial charge in [0.25, 0.3) is 5.91 Å². The van der Waals surface area contributed by atoms with Crippen LogP contribution in [0.25, 0.3) is 0 Å². The predicted molar refractivity (Wildman–Crippen MR) is 87.0 cm³/mol. The van der Waals surface area contributed by atoms with Crippen molar-refractivity contribution in [2.24, 2.45) is 5.10 Å². The average molecular weight is 281 g/mol. The summed E-state index contributed by atoms with van der Waals surface area (Å²) in [6.07, 6.45) is 1.63. The van der Waals surface area contributed by atoms with Gasteiger partial charge in [-0.15, -0.1) is 0 Å². The molecule has 0 unspecified atom stereocenters. The molecular formula is C17H19N3O. The van der Waals surface area contributed by atoms with Gasteiger partial charge in [-0.05, 0) is 30.7 Å². The first-order valence-electron chi connectivity index (χ1n) is 6.74. The Morgan fingerprint density at radius 3 is 2.52 bits per heavy atom. The third-order valence-corrected chi connectivity index (χ3v) is 3.08. The summed E-state index contributed by atoms with van der Waals surface area (Å²) in [5, 5.41) is 3.98. The van der Waals surface area contributed by atoms with E-state index >= 15 is 0 Å². The Morgan fingerprint density at radius 2 is 1.86 bits per heavy atom. The first kappa shape index (κ1) is 14.8. The van der Waals surface area contributed by atoms with Crippen LogP contribution in [0.3, 0.4) is 0 Å². The van der Waals surface area contributed by atoms with Crippen molar-refractivity contribution in [1.29, 1.82) is 0 Å². The molecule has 2 aromatic rings. The highest BCUT2D eigenvalue weighted by Crippen LogP contribution is 2.13. The van der Waals surface area contributed by atoms with Crippen molar-refractivity contribution in [2.75, 3.05) is 19.0 Å². The Hall–Kier alpha value is -2.62. The van der Waals surface area contributed by atoms with Crippen LogP contribution in [-0.4, -0.2) is 26.2 Å². The highest BCUT2D eigenvalue weighted by Gasteiger charge is 2.05. The Balaban J connectivity index is 2.01. The molecule has 108 valence electrons. The summed E-state index contributed by atoms with van der Waals surface area (Å²) in [7, 11) is 3.87. The molecule has 2 rings (SSSR count). The third-order valence-electron chi connectivity index (χ3n) is 3.08. The number of aryl methyl sites for hydroxylation is 1. The maximum absolute atomic E-state index is 12.0. The van der Waals surface area contributed by atoms with Gasteiger partial charge in [-0.3, -0.25) is 4.79 Å². The molecule has 0 saturated heterocycles. The number of hydrogen-bond donors (Lipinski definition) is 1. The monoisotopic (exact) mass is 281 g/mol. The normalized spacial score (nSPS) is 10.6. The lowest BCUT2D eigenvalue weighted by atomic mass is 10.2. The van der Waals surface area contributed by atoms with E-state index in [4.69, 9.17) is 0 Å². The molecule has 4 heteroatoms. The summed E-state index contributed by atoms with van der Waals surface area (Å²) in [5.74, 6) is -0.220. The van der Waals surface area contributed by atoms with E-state index in [0.29, 0.717) is 5.56 Å². The predicted octanol–water partition coefficient (Wildman–Crippen LogP) is 2.82. The van der Waals surface area contributed by atoms with Gasteiger partial charge in [0, 0.05) is 25.3 Å². The van der Waals surface area contributed by atoms with E-state index in [1.54, 1.807) is 12.3 Å². The summed E-state index contributed by atoms with van der Waals surface area (Å²) in [6.45, 7) is 2.03. The molecule has 2 aromatic carbocycles. The Kier molecular flexibility index (Phi) is 4.72. The minimum Gasteiger partial charge on any atom is -0.378 e. The van der Waals surface area contributed by atoms with Gasteiger partial charge in [0.1, 0.15) is 0 Å². The SMILES string of the molecule is Cc1ccc(C=NNC(=O)c2cccc(N(C)C)c2)cc1. The maximum Gasteiger partial charge on any atom is 0.271 e. The number of rotatable bonds is 4. The number of anilines is 1. The van der Waals surface area contributed by atoms with Crippen molar-refractivity contribution in [1.82, 2.24) is 5.43 Å². The standard InChI is InChI=1S/C17H19N3O/c1-13-7-9-14(10-8-13)12-18-19-17(21)15-5-4-6-16(11-15)20(2)3/h4-12H,1-3H3,(H,19,21). The fraction of sp³-hybridized carbons (Fsp3) is 0.176. The summed E-state index contributed by atoms with van der Waals surface area (Å²) in [6, 6.07) is 15.3. The van der Waals surface area contributed by atoms with Crippen molar-refractivity contribution in [3.63, 3.8) is 0 Å². The molecule has 0 fully saturated rings. The second-order valence-corrected chi connectivity index (χ2v) is 5.05. The van der Waals surface area contributed by atoms with Crippen molar-refractivity contribution < 1.29 is 4.79 Å². The topological polar surface area (TPSA) is 44.7 Å². The third kappa shape index (κ3) is 4.18. The number of amides is 1. The molecule has 1 amide bonds. The molecule has 0 atom stereocenters. The van der Waals surface area contributed by atoms with Gasteiger partial charge < -0.3 is 4.90 Å². The molecule has 21 heavy (non-hydrogen) atoms. The highest BCUT2D eigenvalue weighted by molar-refractivity contribution is 5.95. The zero-order valence-corrected chi connectivity index (χ0v) is 12.5. The Morgan fingerprint density at radius 1 is 1.14 bits per heavy atom. The van der Waals surface area contributed by atoms with E-state index in [1.807, 2.05) is 68.4 Å². The molecule has 0 radical (unpaired) electrons. The minimum atomic E-state index is -0.220. The fourth-order valence-corrected chi connectivity index (χ4v) is 1.81. The zero-order valence-electron chi connectivity index (χ0n) is 12.5. The van der Waals surface area contributed by atoms with Gasteiger partial charge in [0.05, 0.1) is 6.21 Å². The molecule has 0 aliphatic rings. The molecule has 0 bridgehead atoms. The second-order valence-electron chi connectivity index (χ2n) is 5.05. The van der Waals surface area contributed by atoms with Crippen molar-refractivity contribution in [3.05, 3.63) is 65.2 Å². The largest absolute Gasteiger partial charge is 0.378 e. The van der Waals surface area contributed by atoms with E-state index in [2.05, 4.69) is 10.5 Å².